The molecule has 0 aliphatic heterocycles. The van der Waals surface area contributed by atoms with Gasteiger partial charge in [-0.3, -0.25) is 0 Å². The third kappa shape index (κ3) is 3.78. The second kappa shape index (κ2) is 7.40. The lowest BCUT2D eigenvalue weighted by Gasteiger charge is -2.27. The van der Waals surface area contributed by atoms with Gasteiger partial charge in [-0.05, 0) is 64.2 Å². The predicted molar refractivity (Wildman–Crippen MR) is 89.1 cm³/mol. The average Bonchev–Trinajstić information content (AvgIpc) is 2.53. The minimum Gasteiger partial charge on any atom is -0.393 e. The van der Waals surface area contributed by atoms with E-state index in [1.54, 1.807) is 0 Å². The van der Waals surface area contributed by atoms with Crippen molar-refractivity contribution in [1.82, 2.24) is 9.97 Å². The highest BCUT2D eigenvalue weighted by Gasteiger charge is 2.22. The molecule has 0 bridgehead atoms. The highest BCUT2D eigenvalue weighted by atomic mass is 16.3. The lowest BCUT2D eigenvalue weighted by molar-refractivity contribution is 0.0648. The molecule has 3 rings (SSSR count). The van der Waals surface area contributed by atoms with Crippen molar-refractivity contribution >= 4 is 5.82 Å². The fourth-order valence-electron chi connectivity index (χ4n) is 3.96. The number of aliphatic hydroxyl groups excluding tert-OH is 1. The summed E-state index contributed by atoms with van der Waals surface area (Å²) in [7, 11) is 0. The van der Waals surface area contributed by atoms with Gasteiger partial charge in [0.1, 0.15) is 11.6 Å². The maximum Gasteiger partial charge on any atom is 0.133 e. The third-order valence-corrected chi connectivity index (χ3v) is 5.21. The number of aliphatic hydroxyl groups is 1. The van der Waals surface area contributed by atoms with Crippen LogP contribution in [-0.4, -0.2) is 27.7 Å². The van der Waals surface area contributed by atoms with E-state index in [4.69, 9.17) is 0 Å². The molecule has 1 aromatic rings. The lowest BCUT2D eigenvalue weighted by Crippen LogP contribution is -2.25. The Bertz CT molecular complexity index is 503. The van der Waals surface area contributed by atoms with Gasteiger partial charge >= 0.3 is 0 Å². The smallest absolute Gasteiger partial charge is 0.133 e. The number of aryl methyl sites for hydroxylation is 2. The van der Waals surface area contributed by atoms with Crippen LogP contribution in [0.5, 0.6) is 0 Å². The van der Waals surface area contributed by atoms with Crippen LogP contribution in [0.4, 0.5) is 5.82 Å². The van der Waals surface area contributed by atoms with Crippen LogP contribution in [0.1, 0.15) is 68.4 Å². The van der Waals surface area contributed by atoms with E-state index >= 15 is 0 Å². The normalized spacial score (nSPS) is 24.8. The zero-order valence-corrected chi connectivity index (χ0v) is 13.8. The summed E-state index contributed by atoms with van der Waals surface area (Å²) in [5.41, 5.74) is 2.60. The first-order chi connectivity index (χ1) is 10.7. The molecule has 0 saturated heterocycles. The molecule has 1 saturated carbocycles. The molecule has 1 aromatic heterocycles. The van der Waals surface area contributed by atoms with Crippen molar-refractivity contribution in [2.24, 2.45) is 5.92 Å². The Hall–Kier alpha value is -1.16. The zero-order valence-electron chi connectivity index (χ0n) is 13.8. The van der Waals surface area contributed by atoms with E-state index in [1.807, 2.05) is 6.92 Å². The highest BCUT2D eigenvalue weighted by Crippen LogP contribution is 2.28. The largest absolute Gasteiger partial charge is 0.393 e. The molecule has 2 aliphatic carbocycles. The zero-order chi connectivity index (χ0) is 15.4. The fraction of sp³-hybridized carbons (Fsp3) is 0.778. The molecule has 2 atom stereocenters. The molecule has 4 nitrogen and oxygen atoms in total. The first-order valence-corrected chi connectivity index (χ1v) is 9.02. The van der Waals surface area contributed by atoms with Crippen molar-refractivity contribution < 1.29 is 5.11 Å². The van der Waals surface area contributed by atoms with Gasteiger partial charge in [0, 0.05) is 17.8 Å². The van der Waals surface area contributed by atoms with Crippen molar-refractivity contribution in [2.75, 3.05) is 11.9 Å². The molecule has 2 unspecified atom stereocenters. The molecule has 22 heavy (non-hydrogen) atoms. The van der Waals surface area contributed by atoms with Crippen LogP contribution in [0, 0.1) is 12.8 Å². The Morgan fingerprint density at radius 3 is 2.77 bits per heavy atom. The summed E-state index contributed by atoms with van der Waals surface area (Å²) in [6, 6.07) is 0. The quantitative estimate of drug-likeness (QED) is 0.819. The van der Waals surface area contributed by atoms with Crippen molar-refractivity contribution in [3.8, 4) is 0 Å². The second-order valence-corrected chi connectivity index (χ2v) is 6.93. The molecule has 1 fully saturated rings. The molecule has 0 aromatic carbocycles. The number of aromatic nitrogens is 2. The van der Waals surface area contributed by atoms with Gasteiger partial charge in [0.15, 0.2) is 0 Å². The van der Waals surface area contributed by atoms with Crippen LogP contribution >= 0.6 is 0 Å². The van der Waals surface area contributed by atoms with Crippen LogP contribution in [0.2, 0.25) is 0 Å². The highest BCUT2D eigenvalue weighted by molar-refractivity contribution is 5.47. The van der Waals surface area contributed by atoms with E-state index in [0.29, 0.717) is 5.92 Å². The fourth-order valence-corrected chi connectivity index (χ4v) is 3.96. The maximum absolute atomic E-state index is 10.0. The Kier molecular flexibility index (Phi) is 5.29. The third-order valence-electron chi connectivity index (χ3n) is 5.21. The Morgan fingerprint density at radius 1 is 1.09 bits per heavy atom. The van der Waals surface area contributed by atoms with Crippen LogP contribution in [0.25, 0.3) is 0 Å². The van der Waals surface area contributed by atoms with E-state index in [2.05, 4.69) is 15.3 Å². The first kappa shape index (κ1) is 15.7. The van der Waals surface area contributed by atoms with E-state index in [0.717, 1.165) is 50.3 Å². The first-order valence-electron chi connectivity index (χ1n) is 9.02. The van der Waals surface area contributed by atoms with Crippen LogP contribution < -0.4 is 5.32 Å². The van der Waals surface area contributed by atoms with Crippen molar-refractivity contribution in [1.29, 1.82) is 0 Å². The van der Waals surface area contributed by atoms with Gasteiger partial charge in [-0.2, -0.15) is 0 Å². The van der Waals surface area contributed by atoms with Gasteiger partial charge in [0.05, 0.1) is 6.10 Å². The van der Waals surface area contributed by atoms with Gasteiger partial charge in [-0.1, -0.05) is 12.8 Å². The summed E-state index contributed by atoms with van der Waals surface area (Å²) in [4.78, 5) is 9.22. The molecular formula is C18H29N3O. The molecule has 1 heterocycles. The Balaban J connectivity index is 1.52. The molecule has 0 radical (unpaired) electrons. The number of fused-ring (bicyclic) bond motifs is 1. The van der Waals surface area contributed by atoms with Crippen molar-refractivity contribution in [3.63, 3.8) is 0 Å². The van der Waals surface area contributed by atoms with Crippen molar-refractivity contribution in [3.05, 3.63) is 17.1 Å². The maximum atomic E-state index is 10.0. The van der Waals surface area contributed by atoms with Gasteiger partial charge < -0.3 is 10.4 Å². The average molecular weight is 303 g/mol. The molecule has 122 valence electrons. The van der Waals surface area contributed by atoms with Gasteiger partial charge in [0.2, 0.25) is 0 Å². The summed E-state index contributed by atoms with van der Waals surface area (Å²) in [5, 5.41) is 13.6. The molecule has 0 amide bonds. The topological polar surface area (TPSA) is 58.0 Å². The molecule has 2 N–H and O–H groups in total. The van der Waals surface area contributed by atoms with E-state index in [9.17, 15) is 5.11 Å². The molecular weight excluding hydrogens is 274 g/mol. The Morgan fingerprint density at radius 2 is 1.91 bits per heavy atom. The summed E-state index contributed by atoms with van der Waals surface area (Å²) in [6.45, 7) is 2.94. The van der Waals surface area contributed by atoms with Crippen LogP contribution in [0.3, 0.4) is 0 Å². The number of nitrogens with zero attached hydrogens (tertiary/aromatic N) is 2. The molecule has 2 aliphatic rings. The number of hydrogen-bond donors (Lipinski definition) is 2. The van der Waals surface area contributed by atoms with E-state index in [1.165, 1.54) is 43.4 Å². The minimum atomic E-state index is -0.0668. The standard InChI is InChI=1S/C18H29N3O/c1-13-20-16-10-4-3-9-15(16)18(21-13)19-12-6-8-14-7-2-5-11-17(14)22/h14,17,22H,2-12H2,1H3,(H,19,20,21). The summed E-state index contributed by atoms with van der Waals surface area (Å²) < 4.78 is 0. The van der Waals surface area contributed by atoms with Crippen LogP contribution in [0.15, 0.2) is 0 Å². The summed E-state index contributed by atoms with van der Waals surface area (Å²) >= 11 is 0. The number of hydrogen-bond acceptors (Lipinski definition) is 4. The second-order valence-electron chi connectivity index (χ2n) is 6.93. The monoisotopic (exact) mass is 303 g/mol. The van der Waals surface area contributed by atoms with E-state index < -0.39 is 0 Å². The number of rotatable bonds is 5. The Labute approximate surface area is 133 Å². The lowest BCUT2D eigenvalue weighted by atomic mass is 9.83. The van der Waals surface area contributed by atoms with Crippen molar-refractivity contribution in [2.45, 2.75) is 77.2 Å². The number of nitrogens with one attached hydrogen (secondary N) is 1. The van der Waals surface area contributed by atoms with E-state index in [-0.39, 0.29) is 6.10 Å². The van der Waals surface area contributed by atoms with Gasteiger partial charge in [-0.25, -0.2) is 9.97 Å². The van der Waals surface area contributed by atoms with Gasteiger partial charge in [-0.15, -0.1) is 0 Å². The SMILES string of the molecule is Cc1nc2c(c(NCCCC3CCCCC3O)n1)CCCC2. The summed E-state index contributed by atoms with van der Waals surface area (Å²) in [5.74, 6) is 2.45. The van der Waals surface area contributed by atoms with Gasteiger partial charge in [0.25, 0.3) is 0 Å². The summed E-state index contributed by atoms with van der Waals surface area (Å²) in [6.07, 6.45) is 11.6. The predicted octanol–water partition coefficient (Wildman–Crippen LogP) is 3.41. The van der Waals surface area contributed by atoms with Crippen LogP contribution in [-0.2, 0) is 12.8 Å². The number of anilines is 1. The minimum absolute atomic E-state index is 0.0668. The molecule has 4 heteroatoms. The molecule has 0 spiro atoms.